The van der Waals surface area contributed by atoms with Gasteiger partial charge in [0.25, 0.3) is 10.0 Å². The van der Waals surface area contributed by atoms with Crippen LogP contribution in [0.25, 0.3) is 0 Å². The molecule has 7 atom stereocenters. The first-order chi connectivity index (χ1) is 27.3. The molecule has 58 heavy (non-hydrogen) atoms. The number of benzene rings is 2. The van der Waals surface area contributed by atoms with Crippen LogP contribution < -0.4 is 5.32 Å². The van der Waals surface area contributed by atoms with Crippen molar-refractivity contribution in [1.29, 1.82) is 0 Å². The molecule has 1 aliphatic heterocycles. The number of aromatic nitrogens is 2. The van der Waals surface area contributed by atoms with Gasteiger partial charge in [-0.2, -0.15) is 17.6 Å². The summed E-state index contributed by atoms with van der Waals surface area (Å²) in [5.74, 6) is 1.37. The summed E-state index contributed by atoms with van der Waals surface area (Å²) in [6, 6.07) is 17.4. The zero-order valence-electron chi connectivity index (χ0n) is 35.9. The van der Waals surface area contributed by atoms with Crippen molar-refractivity contribution in [3.05, 3.63) is 94.3 Å². The number of amides is 1. The van der Waals surface area contributed by atoms with Crippen LogP contribution in [0.1, 0.15) is 129 Å². The number of carbonyl (C=O) groups is 1. The Hall–Kier alpha value is -2.94. The molecule has 0 radical (unpaired) electrons. The molecule has 2 aromatic carbocycles. The third-order valence-electron chi connectivity index (χ3n) is 17.7. The van der Waals surface area contributed by atoms with Crippen LogP contribution >= 0.6 is 11.6 Å². The quantitative estimate of drug-likeness (QED) is 0.250. The van der Waals surface area contributed by atoms with E-state index in [2.05, 4.69) is 95.1 Å². The van der Waals surface area contributed by atoms with E-state index in [1.54, 1.807) is 29.8 Å². The molecule has 3 aromatic rings. The lowest BCUT2D eigenvalue weighted by molar-refractivity contribution is -0.168. The highest BCUT2D eigenvalue weighted by Crippen LogP contribution is 2.75. The van der Waals surface area contributed by atoms with Gasteiger partial charge in [-0.25, -0.2) is 0 Å². The number of piperidine rings is 1. The van der Waals surface area contributed by atoms with Crippen molar-refractivity contribution in [2.75, 3.05) is 13.1 Å². The van der Waals surface area contributed by atoms with Crippen molar-refractivity contribution in [2.45, 2.75) is 142 Å². The lowest BCUT2D eigenvalue weighted by Gasteiger charge is -2.70. The summed E-state index contributed by atoms with van der Waals surface area (Å²) in [7, 11) is -3.87. The van der Waals surface area contributed by atoms with Crippen molar-refractivity contribution in [1.82, 2.24) is 19.4 Å². The van der Waals surface area contributed by atoms with Crippen LogP contribution in [0.15, 0.2) is 77.3 Å². The maximum atomic E-state index is 14.9. The van der Waals surface area contributed by atoms with E-state index in [0.717, 1.165) is 102 Å². The highest BCUT2D eigenvalue weighted by Gasteiger charge is 2.69. The van der Waals surface area contributed by atoms with Crippen LogP contribution in [0, 0.1) is 44.8 Å². The molecule has 0 spiro atoms. The molecule has 4 fully saturated rings. The predicted octanol–water partition coefficient (Wildman–Crippen LogP) is 10.4. The predicted molar refractivity (Wildman–Crippen MR) is 232 cm³/mol. The SMILES string of the molecule is CC1(C)CC[C@]2(C(=O)NC3CCN(Cc4ccccc4)CC3)CC[C@]3(C)C(=CC[C@@H]4[C@@]5(C)Cc6cn(S(=O)(=O)c7ccc(Cl)cc7)nc6C(C)(C)[C@@H]5CC[C@]43C)[C@@H]2C1. The maximum absolute atomic E-state index is 14.9. The first kappa shape index (κ1) is 40.5. The fourth-order valence-corrected chi connectivity index (χ4v) is 15.6. The van der Waals surface area contributed by atoms with Crippen molar-refractivity contribution in [2.24, 2.45) is 44.8 Å². The van der Waals surface area contributed by atoms with Gasteiger partial charge in [0.15, 0.2) is 0 Å². The van der Waals surface area contributed by atoms with Gasteiger partial charge in [-0.3, -0.25) is 9.69 Å². The number of allylic oxidation sites excluding steroid dienone is 2. The van der Waals surface area contributed by atoms with E-state index in [-0.39, 0.29) is 49.3 Å². The minimum Gasteiger partial charge on any atom is -0.353 e. The molecule has 6 aliphatic rings. The van der Waals surface area contributed by atoms with E-state index in [1.807, 2.05) is 6.20 Å². The van der Waals surface area contributed by atoms with E-state index in [1.165, 1.54) is 9.65 Å². The minimum atomic E-state index is -3.87. The fourth-order valence-electron chi connectivity index (χ4n) is 14.3. The number of rotatable bonds is 6. The van der Waals surface area contributed by atoms with Crippen LogP contribution in [-0.2, 0) is 33.2 Å². The van der Waals surface area contributed by atoms with E-state index >= 15 is 0 Å². The van der Waals surface area contributed by atoms with Crippen molar-refractivity contribution in [3.63, 3.8) is 0 Å². The Labute approximate surface area is 352 Å². The summed E-state index contributed by atoms with van der Waals surface area (Å²) >= 11 is 6.12. The van der Waals surface area contributed by atoms with Crippen LogP contribution in [0.4, 0.5) is 0 Å². The molecule has 1 amide bonds. The normalized spacial score (nSPS) is 35.7. The number of carbonyl (C=O) groups excluding carboxylic acids is 1. The smallest absolute Gasteiger partial charge is 0.282 e. The van der Waals surface area contributed by atoms with Gasteiger partial charge in [0.1, 0.15) is 0 Å². The second-order valence-electron chi connectivity index (χ2n) is 21.6. The second kappa shape index (κ2) is 13.8. The summed E-state index contributed by atoms with van der Waals surface area (Å²) in [6.45, 7) is 20.2. The van der Waals surface area contributed by atoms with E-state index < -0.39 is 10.0 Å². The summed E-state index contributed by atoms with van der Waals surface area (Å²) in [4.78, 5) is 17.7. The molecule has 7 nitrogen and oxygen atoms in total. The van der Waals surface area contributed by atoms with Gasteiger partial charge in [-0.05, 0) is 145 Å². The molecule has 5 aliphatic carbocycles. The van der Waals surface area contributed by atoms with Crippen molar-refractivity contribution in [3.8, 4) is 0 Å². The summed E-state index contributed by atoms with van der Waals surface area (Å²) < 4.78 is 29.0. The average Bonchev–Trinajstić information content (AvgIpc) is 3.62. The molecule has 1 aromatic heterocycles. The molecule has 1 N–H and O–H groups in total. The number of nitrogens with zero attached hydrogens (tertiary/aromatic N) is 3. The molecule has 9 heteroatoms. The first-order valence-corrected chi connectivity index (χ1v) is 24.0. The lowest BCUT2D eigenvalue weighted by atomic mass is 9.33. The minimum absolute atomic E-state index is 0.0128. The number of nitrogens with one attached hydrogen (secondary N) is 1. The molecule has 1 saturated heterocycles. The highest BCUT2D eigenvalue weighted by molar-refractivity contribution is 7.89. The zero-order chi connectivity index (χ0) is 41.1. The third kappa shape index (κ3) is 6.14. The first-order valence-electron chi connectivity index (χ1n) is 22.2. The van der Waals surface area contributed by atoms with Gasteiger partial charge in [0.05, 0.1) is 16.0 Å². The second-order valence-corrected chi connectivity index (χ2v) is 23.8. The molecule has 0 bridgehead atoms. The van der Waals surface area contributed by atoms with Gasteiger partial charge in [0.2, 0.25) is 5.91 Å². The van der Waals surface area contributed by atoms with Crippen LogP contribution in [-0.4, -0.2) is 47.5 Å². The Balaban J connectivity index is 0.997. The Morgan fingerprint density at radius 2 is 1.55 bits per heavy atom. The zero-order valence-corrected chi connectivity index (χ0v) is 37.5. The molecule has 3 saturated carbocycles. The third-order valence-corrected chi connectivity index (χ3v) is 19.5. The Kier molecular flexibility index (Phi) is 9.62. The topological polar surface area (TPSA) is 84.3 Å². The molecule has 9 rings (SSSR count). The summed E-state index contributed by atoms with van der Waals surface area (Å²) in [6.07, 6.45) is 15.6. The van der Waals surface area contributed by atoms with Gasteiger partial charge in [0, 0.05) is 42.3 Å². The molecule has 0 unspecified atom stereocenters. The van der Waals surface area contributed by atoms with Crippen LogP contribution in [0.3, 0.4) is 0 Å². The van der Waals surface area contributed by atoms with E-state index in [9.17, 15) is 13.2 Å². The lowest BCUT2D eigenvalue weighted by Crippen LogP contribution is -2.65. The van der Waals surface area contributed by atoms with Gasteiger partial charge in [-0.15, -0.1) is 0 Å². The monoisotopic (exact) mass is 824 g/mol. The Morgan fingerprint density at radius 1 is 0.862 bits per heavy atom. The standard InChI is InChI=1S/C49H65ClN4O3S/c1-44(2)23-25-49(43(55)51-36-20-27-53(28-21-36)31-33-11-9-8-10-12-33)26-24-47(6)38(39(49)30-44)17-18-41-46(5)29-34-32-54(58(56,57)37-15-13-35(50)14-16-37)52-42(34)45(3,4)40(46)19-22-48(41,47)7/h8-17,32,36,39-41H,18-31H2,1-7H3,(H,51,55)/t39-,40-,41+,46-,47+,48+,49-/m0/s1. The number of hydrogen-bond acceptors (Lipinski definition) is 5. The summed E-state index contributed by atoms with van der Waals surface area (Å²) in [5, 5.41) is 9.09. The number of halogens is 1. The average molecular weight is 826 g/mol. The molecule has 312 valence electrons. The van der Waals surface area contributed by atoms with Crippen LogP contribution in [0.2, 0.25) is 5.02 Å². The van der Waals surface area contributed by atoms with E-state index in [0.29, 0.717) is 22.8 Å². The van der Waals surface area contributed by atoms with Gasteiger partial charge < -0.3 is 5.32 Å². The maximum Gasteiger partial charge on any atom is 0.282 e. The molecular weight excluding hydrogens is 760 g/mol. The summed E-state index contributed by atoms with van der Waals surface area (Å²) in [5.41, 5.74) is 4.47. The molecular formula is C49H65ClN4O3S. The highest BCUT2D eigenvalue weighted by atomic mass is 35.5. The Bertz CT molecular complexity index is 2220. The fraction of sp³-hybridized carbons (Fsp3) is 0.633. The van der Waals surface area contributed by atoms with Gasteiger partial charge >= 0.3 is 0 Å². The number of likely N-dealkylation sites (tertiary alicyclic amines) is 1. The largest absolute Gasteiger partial charge is 0.353 e. The van der Waals surface area contributed by atoms with Gasteiger partial charge in [-0.1, -0.05) is 102 Å². The van der Waals surface area contributed by atoms with Crippen molar-refractivity contribution >= 4 is 27.5 Å². The van der Waals surface area contributed by atoms with Crippen LogP contribution in [0.5, 0.6) is 0 Å². The molecule has 2 heterocycles. The number of fused-ring (bicyclic) bond motifs is 8. The number of hydrogen-bond donors (Lipinski definition) is 1. The Morgan fingerprint density at radius 3 is 2.26 bits per heavy atom. The van der Waals surface area contributed by atoms with Crippen molar-refractivity contribution < 1.29 is 13.2 Å². The van der Waals surface area contributed by atoms with E-state index in [4.69, 9.17) is 16.7 Å².